The van der Waals surface area contributed by atoms with Gasteiger partial charge in [-0.05, 0) is 25.5 Å². The molecule has 19 heavy (non-hydrogen) atoms. The zero-order valence-electron chi connectivity index (χ0n) is 11.0. The van der Waals surface area contributed by atoms with Crippen molar-refractivity contribution in [2.24, 2.45) is 0 Å². The fourth-order valence-electron chi connectivity index (χ4n) is 1.97. The SMILES string of the molecule is Cc1cccc([C@H](C)NCc2occc2C(=O)O)c1. The van der Waals surface area contributed by atoms with Crippen LogP contribution in [0, 0.1) is 6.92 Å². The molecule has 1 atom stereocenters. The standard InChI is InChI=1S/C15H17NO3/c1-10-4-3-5-12(8-10)11(2)16-9-14-13(15(17)18)6-7-19-14/h3-8,11,16H,9H2,1-2H3,(H,17,18)/t11-/m0/s1. The van der Waals surface area contributed by atoms with E-state index in [9.17, 15) is 4.79 Å². The van der Waals surface area contributed by atoms with Crippen molar-refractivity contribution in [2.45, 2.75) is 26.4 Å². The average molecular weight is 259 g/mol. The fourth-order valence-corrected chi connectivity index (χ4v) is 1.97. The maximum atomic E-state index is 11.0. The van der Waals surface area contributed by atoms with Crippen LogP contribution in [0.1, 0.15) is 40.2 Å². The third-order valence-corrected chi connectivity index (χ3v) is 3.09. The summed E-state index contributed by atoms with van der Waals surface area (Å²) in [7, 11) is 0. The third-order valence-electron chi connectivity index (χ3n) is 3.09. The van der Waals surface area contributed by atoms with E-state index in [0.29, 0.717) is 12.3 Å². The van der Waals surface area contributed by atoms with Gasteiger partial charge in [-0.25, -0.2) is 4.79 Å². The maximum Gasteiger partial charge on any atom is 0.339 e. The number of aromatic carboxylic acids is 1. The first-order valence-corrected chi connectivity index (χ1v) is 6.17. The molecule has 4 heteroatoms. The van der Waals surface area contributed by atoms with Crippen LogP contribution >= 0.6 is 0 Å². The Morgan fingerprint density at radius 3 is 2.89 bits per heavy atom. The summed E-state index contributed by atoms with van der Waals surface area (Å²) in [6.45, 7) is 4.48. The predicted molar refractivity (Wildman–Crippen MR) is 72.1 cm³/mol. The zero-order valence-corrected chi connectivity index (χ0v) is 11.0. The monoisotopic (exact) mass is 259 g/mol. The van der Waals surface area contributed by atoms with Crippen molar-refractivity contribution in [2.75, 3.05) is 0 Å². The highest BCUT2D eigenvalue weighted by atomic mass is 16.4. The minimum Gasteiger partial charge on any atom is -0.478 e. The lowest BCUT2D eigenvalue weighted by Gasteiger charge is -2.14. The molecule has 0 amide bonds. The van der Waals surface area contributed by atoms with Gasteiger partial charge in [0.25, 0.3) is 0 Å². The second-order valence-corrected chi connectivity index (χ2v) is 4.58. The third kappa shape index (κ3) is 3.23. The van der Waals surface area contributed by atoms with Crippen LogP contribution in [-0.2, 0) is 6.54 Å². The number of carbonyl (C=O) groups is 1. The van der Waals surface area contributed by atoms with Crippen LogP contribution in [-0.4, -0.2) is 11.1 Å². The number of hydrogen-bond donors (Lipinski definition) is 2. The lowest BCUT2D eigenvalue weighted by Crippen LogP contribution is -2.19. The first-order valence-electron chi connectivity index (χ1n) is 6.17. The second kappa shape index (κ2) is 5.71. The number of carboxylic acids is 1. The Morgan fingerprint density at radius 1 is 1.42 bits per heavy atom. The molecule has 0 fully saturated rings. The van der Waals surface area contributed by atoms with E-state index in [1.54, 1.807) is 0 Å². The van der Waals surface area contributed by atoms with E-state index in [2.05, 4.69) is 11.4 Å². The van der Waals surface area contributed by atoms with E-state index in [1.807, 2.05) is 32.0 Å². The van der Waals surface area contributed by atoms with Gasteiger partial charge in [0.05, 0.1) is 12.8 Å². The molecular weight excluding hydrogens is 242 g/mol. The summed E-state index contributed by atoms with van der Waals surface area (Å²) in [5.41, 5.74) is 2.59. The normalized spacial score (nSPS) is 12.3. The van der Waals surface area contributed by atoms with Crippen molar-refractivity contribution in [3.05, 3.63) is 59.0 Å². The highest BCUT2D eigenvalue weighted by Gasteiger charge is 2.14. The average Bonchev–Trinajstić information content (AvgIpc) is 2.84. The van der Waals surface area contributed by atoms with E-state index in [1.165, 1.54) is 23.5 Å². The number of nitrogens with one attached hydrogen (secondary N) is 1. The van der Waals surface area contributed by atoms with E-state index in [0.717, 1.165) is 0 Å². The predicted octanol–water partition coefficient (Wildman–Crippen LogP) is 3.14. The molecule has 0 aliphatic heterocycles. The molecule has 2 rings (SSSR count). The number of furan rings is 1. The second-order valence-electron chi connectivity index (χ2n) is 4.58. The van der Waals surface area contributed by atoms with Gasteiger partial charge in [0.1, 0.15) is 11.3 Å². The molecule has 0 saturated heterocycles. The molecule has 0 aliphatic carbocycles. The Morgan fingerprint density at radius 2 is 2.21 bits per heavy atom. The fraction of sp³-hybridized carbons (Fsp3) is 0.267. The molecule has 0 bridgehead atoms. The number of aryl methyl sites for hydroxylation is 1. The van der Waals surface area contributed by atoms with Crippen molar-refractivity contribution >= 4 is 5.97 Å². The Balaban J connectivity index is 2.02. The smallest absolute Gasteiger partial charge is 0.339 e. The van der Waals surface area contributed by atoms with Gasteiger partial charge in [0.2, 0.25) is 0 Å². The Labute approximate surface area is 112 Å². The van der Waals surface area contributed by atoms with Gasteiger partial charge in [-0.3, -0.25) is 0 Å². The summed E-state index contributed by atoms with van der Waals surface area (Å²) in [6, 6.07) is 9.81. The van der Waals surface area contributed by atoms with Crippen molar-refractivity contribution in [3.8, 4) is 0 Å². The van der Waals surface area contributed by atoms with Crippen LogP contribution in [0.15, 0.2) is 41.0 Å². The summed E-state index contributed by atoms with van der Waals surface area (Å²) >= 11 is 0. The Bertz CT molecular complexity index is 574. The van der Waals surface area contributed by atoms with Crippen molar-refractivity contribution < 1.29 is 14.3 Å². The largest absolute Gasteiger partial charge is 0.478 e. The number of hydrogen-bond acceptors (Lipinski definition) is 3. The van der Waals surface area contributed by atoms with Crippen molar-refractivity contribution in [1.82, 2.24) is 5.32 Å². The van der Waals surface area contributed by atoms with E-state index in [4.69, 9.17) is 9.52 Å². The molecular formula is C15H17NO3. The molecule has 100 valence electrons. The van der Waals surface area contributed by atoms with Gasteiger partial charge in [0, 0.05) is 6.04 Å². The number of benzene rings is 1. The van der Waals surface area contributed by atoms with Crippen LogP contribution in [0.3, 0.4) is 0 Å². The van der Waals surface area contributed by atoms with Crippen LogP contribution in [0.2, 0.25) is 0 Å². The van der Waals surface area contributed by atoms with Gasteiger partial charge < -0.3 is 14.8 Å². The lowest BCUT2D eigenvalue weighted by atomic mass is 10.1. The van der Waals surface area contributed by atoms with Crippen LogP contribution in [0.25, 0.3) is 0 Å². The highest BCUT2D eigenvalue weighted by molar-refractivity contribution is 5.88. The molecule has 4 nitrogen and oxygen atoms in total. The molecule has 0 unspecified atom stereocenters. The lowest BCUT2D eigenvalue weighted by molar-refractivity contribution is 0.0694. The van der Waals surface area contributed by atoms with Crippen molar-refractivity contribution in [3.63, 3.8) is 0 Å². The zero-order chi connectivity index (χ0) is 13.8. The minimum absolute atomic E-state index is 0.131. The molecule has 2 aromatic rings. The summed E-state index contributed by atoms with van der Waals surface area (Å²) in [5.74, 6) is -0.513. The molecule has 0 aliphatic rings. The molecule has 1 heterocycles. The van der Waals surface area contributed by atoms with Crippen LogP contribution < -0.4 is 5.32 Å². The maximum absolute atomic E-state index is 11.0. The highest BCUT2D eigenvalue weighted by Crippen LogP contribution is 2.16. The molecule has 1 aromatic carbocycles. The number of carboxylic acid groups (broad SMARTS) is 1. The van der Waals surface area contributed by atoms with Gasteiger partial charge in [-0.1, -0.05) is 29.8 Å². The molecule has 1 aromatic heterocycles. The van der Waals surface area contributed by atoms with Gasteiger partial charge in [-0.15, -0.1) is 0 Å². The first-order chi connectivity index (χ1) is 9.08. The molecule has 0 spiro atoms. The molecule has 0 radical (unpaired) electrons. The van der Waals surface area contributed by atoms with Crippen LogP contribution in [0.4, 0.5) is 0 Å². The summed E-state index contributed by atoms with van der Waals surface area (Å²) in [4.78, 5) is 11.0. The quantitative estimate of drug-likeness (QED) is 0.866. The molecule has 0 saturated carbocycles. The topological polar surface area (TPSA) is 62.5 Å². The Hall–Kier alpha value is -2.07. The number of rotatable bonds is 5. The summed E-state index contributed by atoms with van der Waals surface area (Å²) in [6.07, 6.45) is 1.40. The van der Waals surface area contributed by atoms with Crippen molar-refractivity contribution in [1.29, 1.82) is 0 Å². The summed E-state index contributed by atoms with van der Waals surface area (Å²) in [5, 5.41) is 12.3. The minimum atomic E-state index is -0.964. The van der Waals surface area contributed by atoms with E-state index < -0.39 is 5.97 Å². The van der Waals surface area contributed by atoms with Crippen LogP contribution in [0.5, 0.6) is 0 Å². The first kappa shape index (κ1) is 13.4. The molecule has 2 N–H and O–H groups in total. The summed E-state index contributed by atoms with van der Waals surface area (Å²) < 4.78 is 5.19. The van der Waals surface area contributed by atoms with Gasteiger partial charge >= 0.3 is 5.97 Å². The van der Waals surface area contributed by atoms with Gasteiger partial charge in [0.15, 0.2) is 0 Å². The van der Waals surface area contributed by atoms with Gasteiger partial charge in [-0.2, -0.15) is 0 Å². The van der Waals surface area contributed by atoms with E-state index >= 15 is 0 Å². The van der Waals surface area contributed by atoms with E-state index in [-0.39, 0.29) is 11.6 Å². The Kier molecular flexibility index (Phi) is 4.02.